The lowest BCUT2D eigenvalue weighted by Gasteiger charge is -2.24. The van der Waals surface area contributed by atoms with E-state index in [0.717, 1.165) is 32.7 Å². The van der Waals surface area contributed by atoms with Crippen molar-refractivity contribution in [3.63, 3.8) is 0 Å². The van der Waals surface area contributed by atoms with Crippen molar-refractivity contribution in [2.45, 2.75) is 26.4 Å². The Kier molecular flexibility index (Phi) is 7.22. The molecule has 192 valence electrons. The summed E-state index contributed by atoms with van der Waals surface area (Å²) < 4.78 is 17.8. The molecule has 38 heavy (non-hydrogen) atoms. The molecule has 0 spiro atoms. The van der Waals surface area contributed by atoms with Crippen LogP contribution in [0, 0.1) is 5.92 Å². The number of benzene rings is 3. The molecule has 0 fully saturated rings. The first-order valence-corrected chi connectivity index (χ1v) is 12.6. The number of aromatic nitrogens is 2. The van der Waals surface area contributed by atoms with Crippen LogP contribution in [0.1, 0.15) is 20.8 Å². The van der Waals surface area contributed by atoms with Crippen LogP contribution in [0.5, 0.6) is 11.5 Å². The molecule has 2 heterocycles. The third-order valence-corrected chi connectivity index (χ3v) is 6.05. The number of hydrogen-bond acceptors (Lipinski definition) is 6. The maximum Gasteiger partial charge on any atom is 0.316 e. The van der Waals surface area contributed by atoms with Crippen molar-refractivity contribution in [1.29, 1.82) is 0 Å². The summed E-state index contributed by atoms with van der Waals surface area (Å²) in [5, 5.41) is 4.37. The Bertz CT molecular complexity index is 1580. The fourth-order valence-corrected chi connectivity index (χ4v) is 4.14. The molecule has 0 radical (unpaired) electrons. The van der Waals surface area contributed by atoms with Crippen molar-refractivity contribution in [2.75, 3.05) is 13.2 Å². The van der Waals surface area contributed by atoms with Gasteiger partial charge in [-0.15, -0.1) is 0 Å². The lowest BCUT2D eigenvalue weighted by molar-refractivity contribution is -0.162. The highest BCUT2D eigenvalue weighted by Crippen LogP contribution is 2.27. The van der Waals surface area contributed by atoms with Crippen molar-refractivity contribution in [3.8, 4) is 22.6 Å². The zero-order chi connectivity index (χ0) is 26.5. The maximum atomic E-state index is 13.0. The van der Waals surface area contributed by atoms with Crippen LogP contribution in [0.15, 0.2) is 97.6 Å². The van der Waals surface area contributed by atoms with Crippen molar-refractivity contribution in [1.82, 2.24) is 9.97 Å². The van der Waals surface area contributed by atoms with Gasteiger partial charge < -0.3 is 14.2 Å². The van der Waals surface area contributed by atoms with Gasteiger partial charge in [-0.1, -0.05) is 42.5 Å². The predicted molar refractivity (Wildman–Crippen MR) is 149 cm³/mol. The molecule has 6 heteroatoms. The van der Waals surface area contributed by atoms with Gasteiger partial charge in [0.2, 0.25) is 0 Å². The van der Waals surface area contributed by atoms with Crippen LogP contribution in [0.2, 0.25) is 0 Å². The van der Waals surface area contributed by atoms with E-state index < -0.39 is 11.5 Å². The fraction of sp³-hybridized carbons (Fsp3) is 0.219. The highest BCUT2D eigenvalue weighted by atomic mass is 16.6. The zero-order valence-corrected chi connectivity index (χ0v) is 21.8. The number of rotatable bonds is 8. The minimum Gasteiger partial charge on any atom is -0.493 e. The van der Waals surface area contributed by atoms with Crippen LogP contribution in [-0.4, -0.2) is 34.8 Å². The zero-order valence-electron chi connectivity index (χ0n) is 21.8. The van der Waals surface area contributed by atoms with E-state index in [-0.39, 0.29) is 19.2 Å². The Morgan fingerprint density at radius 3 is 2.26 bits per heavy atom. The largest absolute Gasteiger partial charge is 0.493 e. The van der Waals surface area contributed by atoms with Gasteiger partial charge in [0.05, 0.1) is 6.20 Å². The smallest absolute Gasteiger partial charge is 0.316 e. The van der Waals surface area contributed by atoms with E-state index in [1.54, 1.807) is 18.6 Å². The quantitative estimate of drug-likeness (QED) is 0.214. The molecular formula is C32H30N2O4. The van der Waals surface area contributed by atoms with Crippen molar-refractivity contribution < 1.29 is 19.0 Å². The summed E-state index contributed by atoms with van der Waals surface area (Å²) in [6, 6.07) is 24.0. The molecule has 1 atom stereocenters. The summed E-state index contributed by atoms with van der Waals surface area (Å²) in [5.41, 5.74) is 1.32. The Morgan fingerprint density at radius 1 is 0.711 bits per heavy atom. The monoisotopic (exact) mass is 506 g/mol. The van der Waals surface area contributed by atoms with Gasteiger partial charge in [0.25, 0.3) is 0 Å². The van der Waals surface area contributed by atoms with E-state index in [1.165, 1.54) is 0 Å². The number of nitrogens with zero attached hydrogens (tertiary/aromatic N) is 2. The summed E-state index contributed by atoms with van der Waals surface area (Å²) in [6.45, 7) is 5.76. The third kappa shape index (κ3) is 6.27. The molecular weight excluding hydrogens is 476 g/mol. The molecule has 0 aliphatic carbocycles. The molecule has 0 aliphatic rings. The van der Waals surface area contributed by atoms with Crippen LogP contribution < -0.4 is 9.47 Å². The predicted octanol–water partition coefficient (Wildman–Crippen LogP) is 6.87. The number of carbonyl (C=O) groups is 1. The molecule has 0 saturated heterocycles. The fourth-order valence-electron chi connectivity index (χ4n) is 4.14. The second kappa shape index (κ2) is 10.9. The average Bonchev–Trinajstić information content (AvgIpc) is 2.92. The number of carbonyl (C=O) groups excluding carboxylic acids is 1. The standard InChI is InChI=1S/C32H30N2O4/c1-32(2,3)38-31(35)28(20-36-29-11-10-22-6-4-5-7-23(22)15-29)21-37-30-16-27(18-34-19-30)24-8-9-26-17-33-13-12-25(26)14-24/h4-19,28H,20-21H2,1-3H3/t28-/m0/s1. The first-order valence-electron chi connectivity index (χ1n) is 12.6. The summed E-state index contributed by atoms with van der Waals surface area (Å²) >= 11 is 0. The maximum absolute atomic E-state index is 13.0. The first kappa shape index (κ1) is 25.2. The Labute approximate surface area is 222 Å². The molecule has 5 rings (SSSR count). The molecule has 0 amide bonds. The van der Waals surface area contributed by atoms with Crippen molar-refractivity contribution in [2.24, 2.45) is 5.92 Å². The molecule has 0 aliphatic heterocycles. The SMILES string of the molecule is CC(C)(C)OC(=O)[C@H](COc1cncc(-c2ccc3cnccc3c2)c1)COc1ccc2ccccc2c1. The van der Waals surface area contributed by atoms with Crippen LogP contribution in [0.25, 0.3) is 32.7 Å². The van der Waals surface area contributed by atoms with Gasteiger partial charge in [-0.25, -0.2) is 0 Å². The number of hydrogen-bond donors (Lipinski definition) is 0. The lowest BCUT2D eigenvalue weighted by Crippen LogP contribution is -2.35. The third-order valence-electron chi connectivity index (χ3n) is 6.05. The number of pyridine rings is 2. The normalized spacial score (nSPS) is 12.3. The summed E-state index contributed by atoms with van der Waals surface area (Å²) in [4.78, 5) is 21.6. The lowest BCUT2D eigenvalue weighted by atomic mass is 10.0. The van der Waals surface area contributed by atoms with E-state index in [0.29, 0.717) is 11.5 Å². The van der Waals surface area contributed by atoms with Gasteiger partial charge in [0.15, 0.2) is 0 Å². The Balaban J connectivity index is 1.31. The number of ether oxygens (including phenoxy) is 3. The second-order valence-corrected chi connectivity index (χ2v) is 10.2. The molecule has 2 aromatic heterocycles. The van der Waals surface area contributed by atoms with E-state index in [9.17, 15) is 4.79 Å². The van der Waals surface area contributed by atoms with Crippen LogP contribution >= 0.6 is 0 Å². The van der Waals surface area contributed by atoms with E-state index >= 15 is 0 Å². The molecule has 0 saturated carbocycles. The summed E-state index contributed by atoms with van der Waals surface area (Å²) in [6.07, 6.45) is 7.06. The van der Waals surface area contributed by atoms with E-state index in [4.69, 9.17) is 14.2 Å². The van der Waals surface area contributed by atoms with Crippen molar-refractivity contribution in [3.05, 3.63) is 97.6 Å². The van der Waals surface area contributed by atoms with Gasteiger partial charge in [0, 0.05) is 29.5 Å². The minimum atomic E-state index is -0.627. The minimum absolute atomic E-state index is 0.0943. The first-order chi connectivity index (χ1) is 18.3. The van der Waals surface area contributed by atoms with Gasteiger partial charge in [-0.05, 0) is 72.8 Å². The molecule has 3 aromatic carbocycles. The summed E-state index contributed by atoms with van der Waals surface area (Å²) in [7, 11) is 0. The summed E-state index contributed by atoms with van der Waals surface area (Å²) in [5.74, 6) is 0.257. The highest BCUT2D eigenvalue weighted by molar-refractivity contribution is 5.86. The Morgan fingerprint density at radius 2 is 1.45 bits per heavy atom. The number of fused-ring (bicyclic) bond motifs is 2. The number of esters is 1. The average molecular weight is 507 g/mol. The van der Waals surface area contributed by atoms with E-state index in [2.05, 4.69) is 16.0 Å². The van der Waals surface area contributed by atoms with Gasteiger partial charge in [0.1, 0.15) is 36.2 Å². The molecule has 0 N–H and O–H groups in total. The topological polar surface area (TPSA) is 70.5 Å². The molecule has 0 unspecified atom stereocenters. The van der Waals surface area contributed by atoms with E-state index in [1.807, 2.05) is 93.7 Å². The highest BCUT2D eigenvalue weighted by Gasteiger charge is 2.27. The van der Waals surface area contributed by atoms with Crippen LogP contribution in [-0.2, 0) is 9.53 Å². The van der Waals surface area contributed by atoms with Gasteiger partial charge >= 0.3 is 5.97 Å². The van der Waals surface area contributed by atoms with Gasteiger partial charge in [-0.2, -0.15) is 0 Å². The van der Waals surface area contributed by atoms with Crippen LogP contribution in [0.4, 0.5) is 0 Å². The molecule has 0 bridgehead atoms. The van der Waals surface area contributed by atoms with Crippen molar-refractivity contribution >= 4 is 27.5 Å². The Hall–Kier alpha value is -4.45. The van der Waals surface area contributed by atoms with Crippen LogP contribution in [0.3, 0.4) is 0 Å². The molecule has 5 aromatic rings. The molecule has 6 nitrogen and oxygen atoms in total. The second-order valence-electron chi connectivity index (χ2n) is 10.2. The van der Waals surface area contributed by atoms with Gasteiger partial charge in [-0.3, -0.25) is 14.8 Å².